The first-order chi connectivity index (χ1) is 19.8. The van der Waals surface area contributed by atoms with E-state index in [-0.39, 0.29) is 37.6 Å². The Bertz CT molecular complexity index is 1460. The zero-order valence-corrected chi connectivity index (χ0v) is 23.6. The van der Waals surface area contributed by atoms with Crippen LogP contribution >= 0.6 is 11.8 Å². The van der Waals surface area contributed by atoms with Gasteiger partial charge in [0.1, 0.15) is 12.2 Å². The fourth-order valence-corrected chi connectivity index (χ4v) is 6.05. The maximum absolute atomic E-state index is 13.8. The van der Waals surface area contributed by atoms with Crippen LogP contribution in [0.25, 0.3) is 11.2 Å². The lowest BCUT2D eigenvalue weighted by Gasteiger charge is -2.23. The van der Waals surface area contributed by atoms with E-state index in [4.69, 9.17) is 24.0 Å². The molecule has 3 aliphatic rings. The highest BCUT2D eigenvalue weighted by molar-refractivity contribution is 7.99. The molecule has 6 rings (SSSR count). The summed E-state index contributed by atoms with van der Waals surface area (Å²) in [5.41, 5.74) is 1.86. The molecule has 2 aliphatic heterocycles. The fraction of sp³-hybridized carbons (Fsp3) is 0.577. The number of hydrogen-bond acceptors (Lipinski definition) is 12. The fourth-order valence-electron chi connectivity index (χ4n) is 5.36. The van der Waals surface area contributed by atoms with Crippen molar-refractivity contribution in [2.45, 2.75) is 81.6 Å². The molecule has 2 N–H and O–H groups in total. The van der Waals surface area contributed by atoms with Crippen LogP contribution in [-0.2, 0) is 19.0 Å². The highest BCUT2D eigenvalue weighted by Gasteiger charge is 2.56. The van der Waals surface area contributed by atoms with Gasteiger partial charge in [-0.25, -0.2) is 23.4 Å². The smallest absolute Gasteiger partial charge is 0.204 e. The molecule has 1 aliphatic carbocycles. The summed E-state index contributed by atoms with van der Waals surface area (Å²) in [6.07, 6.45) is 0.134. The summed E-state index contributed by atoms with van der Waals surface area (Å²) in [7, 11) is 0. The number of ether oxygens (including phenoxy) is 3. The van der Waals surface area contributed by atoms with Crippen molar-refractivity contribution in [3.63, 3.8) is 0 Å². The second-order valence-corrected chi connectivity index (χ2v) is 11.6. The number of aliphatic hydroxyl groups is 1. The minimum absolute atomic E-state index is 0.0971. The van der Waals surface area contributed by atoms with Crippen LogP contribution in [-0.4, -0.2) is 85.1 Å². The zero-order valence-electron chi connectivity index (χ0n) is 22.8. The van der Waals surface area contributed by atoms with Crippen LogP contribution in [0.1, 0.15) is 51.6 Å². The van der Waals surface area contributed by atoms with Gasteiger partial charge >= 0.3 is 0 Å². The van der Waals surface area contributed by atoms with Gasteiger partial charge in [0, 0.05) is 17.7 Å². The number of nitrogens with zero attached hydrogens (tertiary/aromatic N) is 6. The number of aromatic nitrogens is 5. The second-order valence-electron chi connectivity index (χ2n) is 10.5. The van der Waals surface area contributed by atoms with E-state index in [1.165, 1.54) is 17.8 Å². The molecule has 0 bridgehead atoms. The number of hydrogen-bond donors (Lipinski definition) is 2. The van der Waals surface area contributed by atoms with Crippen molar-refractivity contribution >= 4 is 34.5 Å². The maximum atomic E-state index is 13.8. The highest BCUT2D eigenvalue weighted by Crippen LogP contribution is 2.45. The van der Waals surface area contributed by atoms with Crippen molar-refractivity contribution in [1.29, 1.82) is 0 Å². The Labute approximate surface area is 238 Å². The summed E-state index contributed by atoms with van der Waals surface area (Å²) in [5, 5.41) is 26.0. The van der Waals surface area contributed by atoms with Gasteiger partial charge in [0.25, 0.3) is 0 Å². The van der Waals surface area contributed by atoms with Gasteiger partial charge in [-0.1, -0.05) is 29.1 Å². The molecular weight excluding hydrogens is 560 g/mol. The first kappa shape index (κ1) is 28.2. The van der Waals surface area contributed by atoms with E-state index in [2.05, 4.69) is 32.7 Å². The molecule has 220 valence electrons. The molecule has 3 aromatic rings. The predicted octanol–water partition coefficient (Wildman–Crippen LogP) is 3.41. The Morgan fingerprint density at radius 1 is 1.20 bits per heavy atom. The molecule has 2 aromatic heterocycles. The van der Waals surface area contributed by atoms with Gasteiger partial charge in [0.15, 0.2) is 39.6 Å². The predicted molar refractivity (Wildman–Crippen MR) is 144 cm³/mol. The number of fused-ring (bicyclic) bond motifs is 2. The van der Waals surface area contributed by atoms with Crippen LogP contribution < -0.4 is 5.32 Å². The van der Waals surface area contributed by atoms with E-state index in [9.17, 15) is 13.9 Å². The minimum atomic E-state index is -0.952. The van der Waals surface area contributed by atoms with Crippen LogP contribution in [0.3, 0.4) is 0 Å². The molecule has 2 fully saturated rings. The number of benzene rings is 1. The van der Waals surface area contributed by atoms with Gasteiger partial charge in [-0.15, -0.1) is 5.10 Å². The second kappa shape index (κ2) is 11.4. The van der Waals surface area contributed by atoms with Gasteiger partial charge < -0.3 is 29.5 Å². The van der Waals surface area contributed by atoms with Crippen LogP contribution in [0.5, 0.6) is 0 Å². The number of aliphatic hydroxyl groups excluding tert-OH is 1. The lowest BCUT2D eigenvalue weighted by molar-refractivity contribution is -0.171. The minimum Gasteiger partial charge on any atom is -0.394 e. The number of thioether (sulfide) groups is 1. The molecule has 0 spiro atoms. The molecule has 1 saturated carbocycles. The van der Waals surface area contributed by atoms with Crippen LogP contribution in [0, 0.1) is 11.6 Å². The third-order valence-electron chi connectivity index (χ3n) is 7.08. The standard InChI is InChI=1S/C26H31F2N7O5S/c1-4-9-41-25-30-23(29-19-11-16(33-40-19)13-5-6-14(27)15(28)10-13)20-24(31-25)35(34-32-20)17-12-18(37-8-7-36)22-21(17)38-26(2,3)39-22/h5-6,10,17-19,21-22,36H,4,7-9,11-12H2,1-3H3,(H,29,30,31)/t17-,18+,19?,21+,22-/m1/s1. The molecule has 41 heavy (non-hydrogen) atoms. The number of anilines is 1. The van der Waals surface area contributed by atoms with E-state index in [0.29, 0.717) is 46.3 Å². The quantitative estimate of drug-likeness (QED) is 0.265. The third-order valence-corrected chi connectivity index (χ3v) is 8.13. The third kappa shape index (κ3) is 5.60. The molecule has 1 unspecified atom stereocenters. The summed E-state index contributed by atoms with van der Waals surface area (Å²) in [4.78, 5) is 15.0. The Morgan fingerprint density at radius 2 is 2.02 bits per heavy atom. The average molecular weight is 592 g/mol. The van der Waals surface area contributed by atoms with E-state index >= 15 is 0 Å². The van der Waals surface area contributed by atoms with Crippen molar-refractivity contribution in [1.82, 2.24) is 25.0 Å². The van der Waals surface area contributed by atoms with Crippen LogP contribution in [0.15, 0.2) is 28.5 Å². The first-order valence-electron chi connectivity index (χ1n) is 13.5. The SMILES string of the molecule is CCCSc1nc(NC2CC(c3ccc(F)c(F)c3)=NO2)c2nnn([C@@H]3C[C@H](OCCO)[C@H]4OC(C)(C)O[C@H]43)c2n1. The summed E-state index contributed by atoms with van der Waals surface area (Å²) in [5.74, 6) is -1.46. The lowest BCUT2D eigenvalue weighted by Crippen LogP contribution is -2.31. The Balaban J connectivity index is 1.29. The van der Waals surface area contributed by atoms with E-state index in [1.807, 2.05) is 13.8 Å². The van der Waals surface area contributed by atoms with Crippen LogP contribution in [0.2, 0.25) is 0 Å². The molecule has 0 amide bonds. The Hall–Kier alpha value is -2.98. The topological polar surface area (TPSA) is 138 Å². The van der Waals surface area contributed by atoms with Gasteiger partial charge in [0.2, 0.25) is 6.23 Å². The molecule has 5 atom stereocenters. The summed E-state index contributed by atoms with van der Waals surface area (Å²) in [6, 6.07) is 3.33. The van der Waals surface area contributed by atoms with Crippen molar-refractivity contribution < 1.29 is 32.9 Å². The molecule has 15 heteroatoms. The molecule has 12 nitrogen and oxygen atoms in total. The van der Waals surface area contributed by atoms with Gasteiger partial charge in [-0.2, -0.15) is 0 Å². The van der Waals surface area contributed by atoms with Gasteiger partial charge in [-0.3, -0.25) is 0 Å². The van der Waals surface area contributed by atoms with Crippen molar-refractivity contribution in [2.75, 3.05) is 24.3 Å². The zero-order chi connectivity index (χ0) is 28.7. The number of oxime groups is 1. The van der Waals surface area contributed by atoms with E-state index < -0.39 is 23.6 Å². The van der Waals surface area contributed by atoms with E-state index in [0.717, 1.165) is 24.3 Å². The highest BCUT2D eigenvalue weighted by atomic mass is 32.2. The normalized spacial score (nSPS) is 26.8. The van der Waals surface area contributed by atoms with Crippen molar-refractivity contribution in [3.8, 4) is 0 Å². The van der Waals surface area contributed by atoms with Gasteiger partial charge in [0.05, 0.1) is 37.5 Å². The molecule has 1 saturated heterocycles. The number of halogens is 2. The summed E-state index contributed by atoms with van der Waals surface area (Å²) < 4.78 is 47.3. The van der Waals surface area contributed by atoms with Crippen molar-refractivity contribution in [3.05, 3.63) is 35.4 Å². The molecule has 4 heterocycles. The first-order valence-corrected chi connectivity index (χ1v) is 14.5. The van der Waals surface area contributed by atoms with Gasteiger partial charge in [-0.05, 0) is 38.5 Å². The molecule has 0 radical (unpaired) electrons. The number of nitrogens with one attached hydrogen (secondary N) is 1. The summed E-state index contributed by atoms with van der Waals surface area (Å²) in [6.45, 7) is 5.87. The number of rotatable bonds is 10. The summed E-state index contributed by atoms with van der Waals surface area (Å²) >= 11 is 1.51. The molecular formula is C26H31F2N7O5S. The Morgan fingerprint density at radius 3 is 2.80 bits per heavy atom. The van der Waals surface area contributed by atoms with E-state index in [1.54, 1.807) is 4.68 Å². The average Bonchev–Trinajstić information content (AvgIpc) is 3.71. The monoisotopic (exact) mass is 591 g/mol. The Kier molecular flexibility index (Phi) is 7.80. The maximum Gasteiger partial charge on any atom is 0.204 e. The van der Waals surface area contributed by atoms with Crippen LogP contribution in [0.4, 0.5) is 14.6 Å². The molecule has 1 aromatic carbocycles. The largest absolute Gasteiger partial charge is 0.394 e. The van der Waals surface area contributed by atoms with Crippen molar-refractivity contribution in [2.24, 2.45) is 5.16 Å². The lowest BCUT2D eigenvalue weighted by atomic mass is 10.1.